The van der Waals surface area contributed by atoms with Crippen LogP contribution in [0.4, 0.5) is 10.1 Å². The number of para-hydroxylation sites is 1. The van der Waals surface area contributed by atoms with Crippen LogP contribution < -0.4 is 14.4 Å². The zero-order valence-corrected chi connectivity index (χ0v) is 16.4. The van der Waals surface area contributed by atoms with Gasteiger partial charge in [0.25, 0.3) is 5.91 Å². The molecule has 31 heavy (non-hydrogen) atoms. The van der Waals surface area contributed by atoms with Gasteiger partial charge in [-0.3, -0.25) is 9.59 Å². The van der Waals surface area contributed by atoms with Crippen molar-refractivity contribution in [1.29, 1.82) is 0 Å². The lowest BCUT2D eigenvalue weighted by Gasteiger charge is -2.23. The Hall–Kier alpha value is -3.71. The molecule has 2 aliphatic rings. The fourth-order valence-electron chi connectivity index (χ4n) is 4.01. The second-order valence-corrected chi connectivity index (χ2v) is 7.56. The molecule has 7 heteroatoms. The summed E-state index contributed by atoms with van der Waals surface area (Å²) in [5, 5.41) is 11.4. The third-order valence-corrected chi connectivity index (χ3v) is 5.60. The van der Waals surface area contributed by atoms with E-state index in [4.69, 9.17) is 9.47 Å². The quantitative estimate of drug-likeness (QED) is 0.640. The van der Waals surface area contributed by atoms with Crippen LogP contribution in [0.5, 0.6) is 11.5 Å². The number of benzene rings is 3. The minimum atomic E-state index is -2.00. The third-order valence-electron chi connectivity index (χ3n) is 5.60. The average Bonchev–Trinajstić information content (AvgIpc) is 3.32. The molecule has 3 aromatic rings. The number of ketones is 1. The van der Waals surface area contributed by atoms with Gasteiger partial charge >= 0.3 is 0 Å². The number of carbonyl (C=O) groups is 2. The molecule has 0 aromatic heterocycles. The normalized spacial score (nSPS) is 18.9. The van der Waals surface area contributed by atoms with Crippen LogP contribution in [0.3, 0.4) is 0 Å². The third kappa shape index (κ3) is 3.23. The largest absolute Gasteiger partial charge is 0.454 e. The second-order valence-electron chi connectivity index (χ2n) is 7.56. The molecule has 0 saturated heterocycles. The van der Waals surface area contributed by atoms with Crippen LogP contribution >= 0.6 is 0 Å². The number of anilines is 1. The molecule has 156 valence electrons. The van der Waals surface area contributed by atoms with Crippen LogP contribution in [0.15, 0.2) is 66.7 Å². The van der Waals surface area contributed by atoms with Gasteiger partial charge < -0.3 is 19.5 Å². The van der Waals surface area contributed by atoms with Crippen molar-refractivity contribution < 1.29 is 28.6 Å². The van der Waals surface area contributed by atoms with Gasteiger partial charge in [0.1, 0.15) is 5.82 Å². The molecule has 0 fully saturated rings. The van der Waals surface area contributed by atoms with E-state index in [1.807, 2.05) is 0 Å². The summed E-state index contributed by atoms with van der Waals surface area (Å²) < 4.78 is 23.8. The van der Waals surface area contributed by atoms with Crippen molar-refractivity contribution in [2.24, 2.45) is 0 Å². The van der Waals surface area contributed by atoms with E-state index in [0.717, 1.165) is 0 Å². The Labute approximate surface area is 177 Å². The fourth-order valence-corrected chi connectivity index (χ4v) is 4.01. The molecular formula is C24H18FNO5. The van der Waals surface area contributed by atoms with Crippen LogP contribution in [-0.4, -0.2) is 23.6 Å². The summed E-state index contributed by atoms with van der Waals surface area (Å²) in [7, 11) is 0. The Bertz CT molecular complexity index is 1190. The Morgan fingerprint density at radius 3 is 2.58 bits per heavy atom. The summed E-state index contributed by atoms with van der Waals surface area (Å²) in [6, 6.07) is 17.4. The lowest BCUT2D eigenvalue weighted by molar-refractivity contribution is -0.136. The number of amides is 1. The van der Waals surface area contributed by atoms with Gasteiger partial charge in [0.2, 0.25) is 6.79 Å². The maximum Gasteiger partial charge on any atom is 0.264 e. The van der Waals surface area contributed by atoms with E-state index in [0.29, 0.717) is 33.9 Å². The molecule has 0 spiro atoms. The van der Waals surface area contributed by atoms with Gasteiger partial charge in [-0.2, -0.15) is 0 Å². The van der Waals surface area contributed by atoms with Crippen LogP contribution in [0.1, 0.15) is 27.9 Å². The molecule has 3 aromatic carbocycles. The maximum atomic E-state index is 13.3. The molecule has 6 nitrogen and oxygen atoms in total. The number of hydrogen-bond acceptors (Lipinski definition) is 5. The SMILES string of the molecule is O=C(C[C@@]1(O)C(=O)N(Cc2ccc(F)cc2)c2ccccc21)c1ccc2c(c1)OCO2. The van der Waals surface area contributed by atoms with E-state index in [2.05, 4.69) is 0 Å². The first-order valence-electron chi connectivity index (χ1n) is 9.77. The number of nitrogens with zero attached hydrogens (tertiary/aromatic N) is 1. The molecule has 0 aliphatic carbocycles. The number of Topliss-reactive ketones (excluding diaryl/α,β-unsaturated/α-hetero) is 1. The topological polar surface area (TPSA) is 76.1 Å². The summed E-state index contributed by atoms with van der Waals surface area (Å²) in [4.78, 5) is 27.7. The number of fused-ring (bicyclic) bond motifs is 2. The standard InChI is InChI=1S/C24H18FNO5/c25-17-8-5-15(6-9-17)13-26-19-4-2-1-3-18(19)24(29,23(26)28)12-20(27)16-7-10-21-22(11-16)31-14-30-21/h1-11,29H,12-14H2/t24-/m0/s1. The van der Waals surface area contributed by atoms with Gasteiger partial charge in [-0.05, 0) is 42.0 Å². The predicted octanol–water partition coefficient (Wildman–Crippen LogP) is 3.56. The first-order valence-corrected chi connectivity index (χ1v) is 9.77. The Balaban J connectivity index is 1.45. The summed E-state index contributed by atoms with van der Waals surface area (Å²) >= 11 is 0. The Morgan fingerprint density at radius 1 is 1.03 bits per heavy atom. The molecular weight excluding hydrogens is 401 g/mol. The fraction of sp³-hybridized carbons (Fsp3) is 0.167. The minimum absolute atomic E-state index is 0.0844. The molecule has 1 atom stereocenters. The molecule has 0 bridgehead atoms. The van der Waals surface area contributed by atoms with Crippen molar-refractivity contribution in [3.63, 3.8) is 0 Å². The summed E-state index contributed by atoms with van der Waals surface area (Å²) in [6.45, 7) is 0.234. The zero-order chi connectivity index (χ0) is 21.6. The van der Waals surface area contributed by atoms with Gasteiger partial charge in [0.15, 0.2) is 22.9 Å². The second kappa shape index (κ2) is 7.21. The van der Waals surface area contributed by atoms with Crippen LogP contribution in [0.2, 0.25) is 0 Å². The molecule has 0 unspecified atom stereocenters. The van der Waals surface area contributed by atoms with E-state index < -0.39 is 23.7 Å². The van der Waals surface area contributed by atoms with Crippen molar-refractivity contribution in [3.05, 3.63) is 89.2 Å². The summed E-state index contributed by atoms with van der Waals surface area (Å²) in [6.07, 6.45) is -0.414. The summed E-state index contributed by atoms with van der Waals surface area (Å²) in [5.41, 5.74) is -0.0748. The minimum Gasteiger partial charge on any atom is -0.454 e. The molecule has 1 N–H and O–H groups in total. The molecule has 0 saturated carbocycles. The van der Waals surface area contributed by atoms with Crippen LogP contribution in [0.25, 0.3) is 0 Å². The number of hydrogen-bond donors (Lipinski definition) is 1. The van der Waals surface area contributed by atoms with Crippen molar-refractivity contribution >= 4 is 17.4 Å². The number of halogens is 1. The van der Waals surface area contributed by atoms with Gasteiger partial charge in [-0.15, -0.1) is 0 Å². The van der Waals surface area contributed by atoms with Gasteiger partial charge in [-0.1, -0.05) is 30.3 Å². The monoisotopic (exact) mass is 419 g/mol. The highest BCUT2D eigenvalue weighted by Crippen LogP contribution is 2.44. The van der Waals surface area contributed by atoms with Crippen molar-refractivity contribution in [2.75, 3.05) is 11.7 Å². The highest BCUT2D eigenvalue weighted by atomic mass is 19.1. The van der Waals surface area contributed by atoms with E-state index in [9.17, 15) is 19.1 Å². The van der Waals surface area contributed by atoms with Crippen LogP contribution in [-0.2, 0) is 16.9 Å². The predicted molar refractivity (Wildman–Crippen MR) is 109 cm³/mol. The number of rotatable bonds is 5. The van der Waals surface area contributed by atoms with E-state index in [-0.39, 0.29) is 19.2 Å². The van der Waals surface area contributed by atoms with Crippen molar-refractivity contribution in [2.45, 2.75) is 18.6 Å². The van der Waals surface area contributed by atoms with Gasteiger partial charge in [-0.25, -0.2) is 4.39 Å². The smallest absolute Gasteiger partial charge is 0.264 e. The zero-order valence-electron chi connectivity index (χ0n) is 16.4. The average molecular weight is 419 g/mol. The molecule has 5 rings (SSSR count). The van der Waals surface area contributed by atoms with E-state index in [1.165, 1.54) is 17.0 Å². The first kappa shape index (κ1) is 19.3. The highest BCUT2D eigenvalue weighted by Gasteiger charge is 2.50. The maximum absolute atomic E-state index is 13.3. The molecule has 0 radical (unpaired) electrons. The first-order chi connectivity index (χ1) is 15.0. The van der Waals surface area contributed by atoms with Gasteiger partial charge in [0.05, 0.1) is 18.7 Å². The van der Waals surface area contributed by atoms with E-state index >= 15 is 0 Å². The van der Waals surface area contributed by atoms with E-state index in [1.54, 1.807) is 54.6 Å². The number of aliphatic hydroxyl groups is 1. The Morgan fingerprint density at radius 2 is 1.77 bits per heavy atom. The van der Waals surface area contributed by atoms with Crippen molar-refractivity contribution in [1.82, 2.24) is 0 Å². The number of carbonyl (C=O) groups excluding carboxylic acids is 2. The lowest BCUT2D eigenvalue weighted by atomic mass is 9.88. The number of ether oxygens (including phenoxy) is 2. The van der Waals surface area contributed by atoms with Crippen LogP contribution in [0, 0.1) is 5.82 Å². The van der Waals surface area contributed by atoms with Crippen molar-refractivity contribution in [3.8, 4) is 11.5 Å². The lowest BCUT2D eigenvalue weighted by Crippen LogP contribution is -2.41. The molecule has 2 aliphatic heterocycles. The molecule has 1 amide bonds. The highest BCUT2D eigenvalue weighted by molar-refractivity contribution is 6.10. The molecule has 2 heterocycles. The van der Waals surface area contributed by atoms with Gasteiger partial charge in [0, 0.05) is 11.1 Å². The Kier molecular flexibility index (Phi) is 4.48. The summed E-state index contributed by atoms with van der Waals surface area (Å²) in [5.74, 6) is -0.362.